The van der Waals surface area contributed by atoms with Crippen LogP contribution in [0.25, 0.3) is 33.5 Å². The Morgan fingerprint density at radius 2 is 1.17 bits per heavy atom. The van der Waals surface area contributed by atoms with Crippen LogP contribution < -0.4 is 0 Å². The summed E-state index contributed by atoms with van der Waals surface area (Å²) in [6, 6.07) is 30.9. The number of aromatic nitrogens is 1. The number of pyridine rings is 1. The van der Waals surface area contributed by atoms with Crippen LogP contribution in [0.2, 0.25) is 0 Å². The average molecular weight is 382 g/mol. The number of rotatable bonds is 3. The van der Waals surface area contributed by atoms with Crippen molar-refractivity contribution in [2.75, 3.05) is 0 Å². The van der Waals surface area contributed by atoms with E-state index in [1.54, 1.807) is 6.20 Å². The molecule has 0 N–H and O–H groups in total. The van der Waals surface area contributed by atoms with Crippen LogP contribution in [0.15, 0.2) is 85.1 Å². The monoisotopic (exact) mass is 382 g/mol. The van der Waals surface area contributed by atoms with E-state index in [1.165, 1.54) is 12.1 Å². The van der Waals surface area contributed by atoms with Crippen LogP contribution in [-0.2, 0) is 0 Å². The fourth-order valence-corrected chi connectivity index (χ4v) is 3.44. The van der Waals surface area contributed by atoms with E-state index in [0.717, 1.165) is 27.9 Å². The van der Waals surface area contributed by atoms with Gasteiger partial charge in [0.05, 0.1) is 40.6 Å². The molecule has 0 atom stereocenters. The summed E-state index contributed by atoms with van der Waals surface area (Å²) in [6.07, 6.45) is 1.76. The topological polar surface area (TPSA) is 84.3 Å². The van der Waals surface area contributed by atoms with Crippen LogP contribution in [0.4, 0.5) is 0 Å². The molecular formula is C26H14N4. The van der Waals surface area contributed by atoms with Crippen molar-refractivity contribution in [3.05, 3.63) is 102 Å². The number of nitriles is 3. The Kier molecular flexibility index (Phi) is 5.04. The summed E-state index contributed by atoms with van der Waals surface area (Å²) in [4.78, 5) is 4.41. The lowest BCUT2D eigenvalue weighted by Gasteiger charge is -2.11. The summed E-state index contributed by atoms with van der Waals surface area (Å²) < 4.78 is 0. The van der Waals surface area contributed by atoms with Crippen molar-refractivity contribution in [3.63, 3.8) is 0 Å². The molecule has 4 nitrogen and oxygen atoms in total. The molecule has 0 aliphatic carbocycles. The standard InChI is InChI=1S/C26H14N4/c27-15-18-11-23(16-28)26(24(12-18)17-29)22-8-4-6-20(14-22)19-5-3-7-21(13-19)25-9-1-2-10-30-25/h1-14H. The van der Waals surface area contributed by atoms with E-state index in [-0.39, 0.29) is 0 Å². The maximum Gasteiger partial charge on any atom is 0.0999 e. The van der Waals surface area contributed by atoms with Crippen LogP contribution in [0.5, 0.6) is 0 Å². The van der Waals surface area contributed by atoms with Crippen LogP contribution in [-0.4, -0.2) is 4.98 Å². The van der Waals surface area contributed by atoms with Gasteiger partial charge in [0, 0.05) is 17.3 Å². The maximum atomic E-state index is 9.59. The van der Waals surface area contributed by atoms with Crippen LogP contribution >= 0.6 is 0 Å². The van der Waals surface area contributed by atoms with Gasteiger partial charge in [0.15, 0.2) is 0 Å². The predicted molar refractivity (Wildman–Crippen MR) is 115 cm³/mol. The Morgan fingerprint density at radius 3 is 1.73 bits per heavy atom. The molecule has 0 fully saturated rings. The molecule has 0 aliphatic rings. The summed E-state index contributed by atoms with van der Waals surface area (Å²) in [5, 5.41) is 28.4. The number of hydrogen-bond donors (Lipinski definition) is 0. The van der Waals surface area contributed by atoms with Gasteiger partial charge in [-0.1, -0.05) is 42.5 Å². The second kappa shape index (κ2) is 8.11. The van der Waals surface area contributed by atoms with Crippen molar-refractivity contribution in [2.24, 2.45) is 0 Å². The number of benzene rings is 3. The van der Waals surface area contributed by atoms with Crippen molar-refractivity contribution in [1.29, 1.82) is 15.8 Å². The molecule has 0 unspecified atom stereocenters. The first-order valence-electron chi connectivity index (χ1n) is 9.24. The lowest BCUT2D eigenvalue weighted by atomic mass is 9.91. The van der Waals surface area contributed by atoms with E-state index in [2.05, 4.69) is 23.2 Å². The molecule has 138 valence electrons. The average Bonchev–Trinajstić information content (AvgIpc) is 2.83. The third-order valence-electron chi connectivity index (χ3n) is 4.82. The Labute approximate surface area is 174 Å². The Morgan fingerprint density at radius 1 is 0.567 bits per heavy atom. The molecule has 0 amide bonds. The fourth-order valence-electron chi connectivity index (χ4n) is 3.44. The molecule has 0 bridgehead atoms. The minimum atomic E-state index is 0.297. The van der Waals surface area contributed by atoms with E-state index in [4.69, 9.17) is 0 Å². The SMILES string of the molecule is N#Cc1cc(C#N)c(-c2cccc(-c3cccc(-c4ccccn4)c3)c2)c(C#N)c1. The predicted octanol–water partition coefficient (Wildman–Crippen LogP) is 5.70. The zero-order valence-electron chi connectivity index (χ0n) is 15.9. The highest BCUT2D eigenvalue weighted by atomic mass is 14.7. The van der Waals surface area contributed by atoms with Crippen molar-refractivity contribution in [3.8, 4) is 51.7 Å². The van der Waals surface area contributed by atoms with Gasteiger partial charge >= 0.3 is 0 Å². The number of nitrogens with zero attached hydrogens (tertiary/aromatic N) is 4. The Balaban J connectivity index is 1.84. The second-order valence-corrected chi connectivity index (χ2v) is 6.66. The van der Waals surface area contributed by atoms with Gasteiger partial charge in [0.25, 0.3) is 0 Å². The van der Waals surface area contributed by atoms with Crippen molar-refractivity contribution in [2.45, 2.75) is 0 Å². The van der Waals surface area contributed by atoms with Gasteiger partial charge in [-0.05, 0) is 53.1 Å². The van der Waals surface area contributed by atoms with E-state index < -0.39 is 0 Å². The highest BCUT2D eigenvalue weighted by molar-refractivity contribution is 5.82. The van der Waals surface area contributed by atoms with Gasteiger partial charge in [0.2, 0.25) is 0 Å². The normalized spacial score (nSPS) is 9.90. The highest BCUT2D eigenvalue weighted by Gasteiger charge is 2.14. The molecular weight excluding hydrogens is 368 g/mol. The third-order valence-corrected chi connectivity index (χ3v) is 4.82. The van der Waals surface area contributed by atoms with E-state index in [1.807, 2.05) is 66.7 Å². The lowest BCUT2D eigenvalue weighted by molar-refractivity contribution is 1.33. The van der Waals surface area contributed by atoms with Gasteiger partial charge in [-0.15, -0.1) is 0 Å². The maximum absolute atomic E-state index is 9.59. The molecule has 4 heteroatoms. The summed E-state index contributed by atoms with van der Waals surface area (Å²) in [5.74, 6) is 0. The molecule has 0 radical (unpaired) electrons. The first kappa shape index (κ1) is 18.6. The molecule has 0 saturated heterocycles. The van der Waals surface area contributed by atoms with Crippen molar-refractivity contribution < 1.29 is 0 Å². The van der Waals surface area contributed by atoms with Gasteiger partial charge in [-0.25, -0.2) is 0 Å². The molecule has 4 rings (SSSR count). The zero-order valence-corrected chi connectivity index (χ0v) is 15.9. The fraction of sp³-hybridized carbons (Fsp3) is 0. The lowest BCUT2D eigenvalue weighted by Crippen LogP contribution is -1.93. The zero-order chi connectivity index (χ0) is 20.9. The van der Waals surface area contributed by atoms with Gasteiger partial charge in [-0.3, -0.25) is 4.98 Å². The Hall–Kier alpha value is -4.72. The largest absolute Gasteiger partial charge is 0.256 e. The molecule has 1 heterocycles. The minimum absolute atomic E-state index is 0.297. The summed E-state index contributed by atoms with van der Waals surface area (Å²) >= 11 is 0. The van der Waals surface area contributed by atoms with Crippen LogP contribution in [0, 0.1) is 34.0 Å². The molecule has 4 aromatic rings. The van der Waals surface area contributed by atoms with E-state index >= 15 is 0 Å². The second-order valence-electron chi connectivity index (χ2n) is 6.66. The Bertz CT molecular complexity index is 1330. The third kappa shape index (κ3) is 3.52. The van der Waals surface area contributed by atoms with Crippen LogP contribution in [0.1, 0.15) is 16.7 Å². The first-order valence-corrected chi connectivity index (χ1v) is 9.24. The van der Waals surface area contributed by atoms with Gasteiger partial charge in [-0.2, -0.15) is 15.8 Å². The highest BCUT2D eigenvalue weighted by Crippen LogP contribution is 2.33. The molecule has 0 aliphatic heterocycles. The van der Waals surface area contributed by atoms with Crippen molar-refractivity contribution in [1.82, 2.24) is 4.98 Å². The van der Waals surface area contributed by atoms with Crippen molar-refractivity contribution >= 4 is 0 Å². The first-order chi connectivity index (χ1) is 14.7. The van der Waals surface area contributed by atoms with E-state index in [0.29, 0.717) is 22.3 Å². The molecule has 30 heavy (non-hydrogen) atoms. The van der Waals surface area contributed by atoms with E-state index in [9.17, 15) is 15.8 Å². The molecule has 3 aromatic carbocycles. The minimum Gasteiger partial charge on any atom is -0.256 e. The summed E-state index contributed by atoms with van der Waals surface area (Å²) in [6.45, 7) is 0. The molecule has 0 spiro atoms. The summed E-state index contributed by atoms with van der Waals surface area (Å²) in [5.41, 5.74) is 6.08. The molecule has 1 aromatic heterocycles. The quantitative estimate of drug-likeness (QED) is 0.455. The van der Waals surface area contributed by atoms with Gasteiger partial charge < -0.3 is 0 Å². The smallest absolute Gasteiger partial charge is 0.0999 e. The van der Waals surface area contributed by atoms with Crippen LogP contribution in [0.3, 0.4) is 0 Å². The number of hydrogen-bond acceptors (Lipinski definition) is 4. The summed E-state index contributed by atoms with van der Waals surface area (Å²) in [7, 11) is 0. The van der Waals surface area contributed by atoms with Gasteiger partial charge in [0.1, 0.15) is 0 Å². The molecule has 0 saturated carbocycles.